The predicted molar refractivity (Wildman–Crippen MR) is 67.5 cm³/mol. The predicted octanol–water partition coefficient (Wildman–Crippen LogP) is 3.45. The molecule has 1 aliphatic carbocycles. The summed E-state index contributed by atoms with van der Waals surface area (Å²) in [5.41, 5.74) is 2.77. The average molecular weight is 226 g/mol. The minimum atomic E-state index is 0. The molecule has 0 spiro atoms. The Morgan fingerprint density at radius 2 is 2.00 bits per heavy atom. The number of hydrogen-bond acceptors (Lipinski definition) is 1. The van der Waals surface area contributed by atoms with Gasteiger partial charge in [-0.3, -0.25) is 0 Å². The Balaban J connectivity index is 0.00000112. The van der Waals surface area contributed by atoms with Crippen molar-refractivity contribution in [2.24, 2.45) is 0 Å². The normalized spacial score (nSPS) is 16.3. The van der Waals surface area contributed by atoms with Crippen molar-refractivity contribution in [2.75, 3.05) is 0 Å². The van der Waals surface area contributed by atoms with E-state index >= 15 is 0 Å². The number of rotatable bonds is 3. The molecule has 0 aliphatic heterocycles. The van der Waals surface area contributed by atoms with Gasteiger partial charge in [0.15, 0.2) is 0 Å². The van der Waals surface area contributed by atoms with Crippen LogP contribution in [0.15, 0.2) is 24.3 Å². The lowest BCUT2D eigenvalue weighted by Crippen LogP contribution is -2.25. The third kappa shape index (κ3) is 3.84. The first-order valence-electron chi connectivity index (χ1n) is 5.63. The summed E-state index contributed by atoms with van der Waals surface area (Å²) in [6.07, 6.45) is 5.55. The molecule has 84 valence electrons. The Labute approximate surface area is 98.7 Å². The maximum atomic E-state index is 3.63. The Morgan fingerprint density at radius 3 is 2.67 bits per heavy atom. The van der Waals surface area contributed by atoms with Crippen LogP contribution in [0.5, 0.6) is 0 Å². The fourth-order valence-electron chi connectivity index (χ4n) is 2.21. The van der Waals surface area contributed by atoms with Gasteiger partial charge in [0, 0.05) is 12.6 Å². The SMILES string of the molecule is Cc1cccc(CNC2CCCC2)c1.Cl. The van der Waals surface area contributed by atoms with Gasteiger partial charge in [-0.2, -0.15) is 0 Å². The second-order valence-electron chi connectivity index (χ2n) is 4.35. The molecule has 0 saturated heterocycles. The molecule has 1 aromatic carbocycles. The van der Waals surface area contributed by atoms with E-state index in [4.69, 9.17) is 0 Å². The number of aryl methyl sites for hydroxylation is 1. The molecule has 1 aromatic rings. The lowest BCUT2D eigenvalue weighted by molar-refractivity contribution is 0.524. The average Bonchev–Trinajstić information content (AvgIpc) is 2.67. The van der Waals surface area contributed by atoms with E-state index < -0.39 is 0 Å². The minimum Gasteiger partial charge on any atom is -0.310 e. The molecular formula is C13H20ClN. The molecule has 0 atom stereocenters. The smallest absolute Gasteiger partial charge is 0.0208 e. The Hall–Kier alpha value is -0.530. The molecule has 1 nitrogen and oxygen atoms in total. The highest BCUT2D eigenvalue weighted by molar-refractivity contribution is 5.85. The van der Waals surface area contributed by atoms with Gasteiger partial charge in [-0.05, 0) is 25.3 Å². The van der Waals surface area contributed by atoms with Gasteiger partial charge in [0.25, 0.3) is 0 Å². The first-order valence-corrected chi connectivity index (χ1v) is 5.63. The zero-order valence-electron chi connectivity index (χ0n) is 9.33. The minimum absolute atomic E-state index is 0. The van der Waals surface area contributed by atoms with Crippen LogP contribution < -0.4 is 5.32 Å². The summed E-state index contributed by atoms with van der Waals surface area (Å²) in [6.45, 7) is 3.19. The maximum absolute atomic E-state index is 3.63. The van der Waals surface area contributed by atoms with Crippen molar-refractivity contribution in [1.29, 1.82) is 0 Å². The van der Waals surface area contributed by atoms with Crippen LogP contribution in [0.3, 0.4) is 0 Å². The van der Waals surface area contributed by atoms with E-state index in [0.717, 1.165) is 12.6 Å². The molecule has 0 aromatic heterocycles. The van der Waals surface area contributed by atoms with Crippen molar-refractivity contribution in [3.05, 3.63) is 35.4 Å². The lowest BCUT2D eigenvalue weighted by Gasteiger charge is -2.11. The first kappa shape index (κ1) is 12.5. The molecule has 0 unspecified atom stereocenters. The molecular weight excluding hydrogens is 206 g/mol. The Morgan fingerprint density at radius 1 is 1.27 bits per heavy atom. The summed E-state index contributed by atoms with van der Waals surface area (Å²) in [7, 11) is 0. The van der Waals surface area contributed by atoms with Gasteiger partial charge in [-0.1, -0.05) is 42.7 Å². The van der Waals surface area contributed by atoms with Crippen LogP contribution in [0, 0.1) is 6.92 Å². The van der Waals surface area contributed by atoms with Crippen LogP contribution in [0.2, 0.25) is 0 Å². The number of halogens is 1. The molecule has 0 radical (unpaired) electrons. The fraction of sp³-hybridized carbons (Fsp3) is 0.538. The maximum Gasteiger partial charge on any atom is 0.0208 e. The second kappa shape index (κ2) is 6.14. The van der Waals surface area contributed by atoms with Gasteiger partial charge >= 0.3 is 0 Å². The van der Waals surface area contributed by atoms with Crippen LogP contribution in [0.4, 0.5) is 0 Å². The van der Waals surface area contributed by atoms with E-state index in [1.807, 2.05) is 0 Å². The summed E-state index contributed by atoms with van der Waals surface area (Å²) in [4.78, 5) is 0. The van der Waals surface area contributed by atoms with Gasteiger partial charge < -0.3 is 5.32 Å². The number of benzene rings is 1. The second-order valence-corrected chi connectivity index (χ2v) is 4.35. The van der Waals surface area contributed by atoms with Crippen molar-refractivity contribution in [2.45, 2.75) is 45.2 Å². The van der Waals surface area contributed by atoms with Gasteiger partial charge in [-0.25, -0.2) is 0 Å². The summed E-state index contributed by atoms with van der Waals surface area (Å²) in [6, 6.07) is 9.53. The van der Waals surface area contributed by atoms with E-state index in [-0.39, 0.29) is 12.4 Å². The summed E-state index contributed by atoms with van der Waals surface area (Å²) >= 11 is 0. The monoisotopic (exact) mass is 225 g/mol. The highest BCUT2D eigenvalue weighted by Crippen LogP contribution is 2.18. The fourth-order valence-corrected chi connectivity index (χ4v) is 2.21. The molecule has 1 aliphatic rings. The summed E-state index contributed by atoms with van der Waals surface area (Å²) in [5, 5.41) is 3.63. The van der Waals surface area contributed by atoms with E-state index in [1.165, 1.54) is 36.8 Å². The van der Waals surface area contributed by atoms with Crippen molar-refractivity contribution in [3.63, 3.8) is 0 Å². The van der Waals surface area contributed by atoms with E-state index in [2.05, 4.69) is 36.5 Å². The third-order valence-corrected chi connectivity index (χ3v) is 3.03. The van der Waals surface area contributed by atoms with Crippen molar-refractivity contribution in [1.82, 2.24) is 5.32 Å². The molecule has 0 heterocycles. The van der Waals surface area contributed by atoms with E-state index in [1.54, 1.807) is 0 Å². The first-order chi connectivity index (χ1) is 6.84. The molecule has 1 saturated carbocycles. The van der Waals surface area contributed by atoms with Crippen molar-refractivity contribution in [3.8, 4) is 0 Å². The lowest BCUT2D eigenvalue weighted by atomic mass is 10.1. The molecule has 1 fully saturated rings. The zero-order chi connectivity index (χ0) is 9.80. The van der Waals surface area contributed by atoms with E-state index in [9.17, 15) is 0 Å². The largest absolute Gasteiger partial charge is 0.310 e. The number of nitrogens with one attached hydrogen (secondary N) is 1. The molecule has 2 heteroatoms. The Kier molecular flexibility index (Phi) is 5.13. The standard InChI is InChI=1S/C13H19N.ClH/c1-11-5-4-6-12(9-11)10-14-13-7-2-3-8-13;/h4-6,9,13-14H,2-3,7-8,10H2,1H3;1H. The molecule has 0 amide bonds. The summed E-state index contributed by atoms with van der Waals surface area (Å²) < 4.78 is 0. The molecule has 1 N–H and O–H groups in total. The van der Waals surface area contributed by atoms with Crippen LogP contribution in [0.1, 0.15) is 36.8 Å². The number of hydrogen-bond donors (Lipinski definition) is 1. The Bertz CT molecular complexity index is 292. The highest BCUT2D eigenvalue weighted by atomic mass is 35.5. The zero-order valence-corrected chi connectivity index (χ0v) is 10.1. The van der Waals surface area contributed by atoms with Crippen LogP contribution >= 0.6 is 12.4 Å². The molecule has 15 heavy (non-hydrogen) atoms. The highest BCUT2D eigenvalue weighted by Gasteiger charge is 2.13. The van der Waals surface area contributed by atoms with Crippen molar-refractivity contribution < 1.29 is 0 Å². The van der Waals surface area contributed by atoms with Gasteiger partial charge in [0.1, 0.15) is 0 Å². The van der Waals surface area contributed by atoms with Gasteiger partial charge in [0.05, 0.1) is 0 Å². The van der Waals surface area contributed by atoms with Crippen LogP contribution in [0.25, 0.3) is 0 Å². The van der Waals surface area contributed by atoms with Gasteiger partial charge in [-0.15, -0.1) is 12.4 Å². The van der Waals surface area contributed by atoms with Crippen LogP contribution in [-0.4, -0.2) is 6.04 Å². The van der Waals surface area contributed by atoms with Crippen LogP contribution in [-0.2, 0) is 6.54 Å². The van der Waals surface area contributed by atoms with Crippen molar-refractivity contribution >= 4 is 12.4 Å². The molecule has 0 bridgehead atoms. The van der Waals surface area contributed by atoms with Gasteiger partial charge in [0.2, 0.25) is 0 Å². The van der Waals surface area contributed by atoms with E-state index in [0.29, 0.717) is 0 Å². The third-order valence-electron chi connectivity index (χ3n) is 3.03. The topological polar surface area (TPSA) is 12.0 Å². The quantitative estimate of drug-likeness (QED) is 0.831. The molecule has 2 rings (SSSR count). The summed E-state index contributed by atoms with van der Waals surface area (Å²) in [5.74, 6) is 0.